The third-order valence-corrected chi connectivity index (χ3v) is 2.89. The number of allylic oxidation sites excluding steroid dienone is 1. The van der Waals surface area contributed by atoms with Gasteiger partial charge in [0.25, 0.3) is 0 Å². The summed E-state index contributed by atoms with van der Waals surface area (Å²) in [7, 11) is 1.36. The van der Waals surface area contributed by atoms with Crippen molar-refractivity contribution in [3.05, 3.63) is 65.7 Å². The lowest BCUT2D eigenvalue weighted by molar-refractivity contribution is -0.0512. The van der Waals surface area contributed by atoms with Crippen molar-refractivity contribution in [2.24, 2.45) is 0 Å². The maximum absolute atomic E-state index is 12.2. The van der Waals surface area contributed by atoms with Crippen LogP contribution < -0.4 is 9.47 Å². The predicted octanol–water partition coefficient (Wildman–Crippen LogP) is 4.19. The molecule has 0 atom stereocenters. The zero-order valence-corrected chi connectivity index (χ0v) is 11.8. The number of ether oxygens (including phenoxy) is 2. The Morgan fingerprint density at radius 3 is 2.45 bits per heavy atom. The molecule has 0 aliphatic rings. The Kier molecular flexibility index (Phi) is 5.25. The van der Waals surface area contributed by atoms with Crippen LogP contribution in [-0.2, 0) is 0 Å². The molecule has 3 nitrogen and oxygen atoms in total. The molecule has 0 saturated heterocycles. The molecule has 0 aliphatic carbocycles. The molecule has 2 rings (SSSR count). The van der Waals surface area contributed by atoms with Crippen LogP contribution in [0, 0.1) is 0 Å². The summed E-state index contributed by atoms with van der Waals surface area (Å²) in [5.74, 6) is -0.0221. The number of alkyl halides is 2. The standard InChI is InChI=1S/C17H14F2O3/c1-21-16-11-12(8-10-15(16)22-17(18)19)7-9-14(20)13-5-3-2-4-6-13/h2-11,17H,1H3/b9-7+. The monoisotopic (exact) mass is 304 g/mol. The van der Waals surface area contributed by atoms with Crippen molar-refractivity contribution < 1.29 is 23.0 Å². The van der Waals surface area contributed by atoms with Gasteiger partial charge >= 0.3 is 6.61 Å². The van der Waals surface area contributed by atoms with Gasteiger partial charge in [-0.25, -0.2) is 0 Å². The van der Waals surface area contributed by atoms with Crippen molar-refractivity contribution in [1.29, 1.82) is 0 Å². The van der Waals surface area contributed by atoms with Gasteiger partial charge in [0.1, 0.15) is 0 Å². The number of hydrogen-bond acceptors (Lipinski definition) is 3. The van der Waals surface area contributed by atoms with Gasteiger partial charge in [0.2, 0.25) is 0 Å². The summed E-state index contributed by atoms with van der Waals surface area (Å²) in [5, 5.41) is 0. The highest BCUT2D eigenvalue weighted by Gasteiger charge is 2.10. The summed E-state index contributed by atoms with van der Waals surface area (Å²) in [6.07, 6.45) is 3.00. The second kappa shape index (κ2) is 7.36. The van der Waals surface area contributed by atoms with Gasteiger partial charge in [0.15, 0.2) is 17.3 Å². The van der Waals surface area contributed by atoms with Crippen LogP contribution in [0.5, 0.6) is 11.5 Å². The molecule has 5 heteroatoms. The lowest BCUT2D eigenvalue weighted by Gasteiger charge is -2.10. The number of halogens is 2. The fourth-order valence-electron chi connectivity index (χ4n) is 1.85. The second-order valence-electron chi connectivity index (χ2n) is 4.35. The Labute approximate surface area is 126 Å². The van der Waals surface area contributed by atoms with Gasteiger partial charge in [-0.3, -0.25) is 4.79 Å². The van der Waals surface area contributed by atoms with Crippen molar-refractivity contribution in [3.8, 4) is 11.5 Å². The average molecular weight is 304 g/mol. The third kappa shape index (κ3) is 4.15. The molecule has 0 heterocycles. The summed E-state index contributed by atoms with van der Waals surface area (Å²) in [4.78, 5) is 11.9. The van der Waals surface area contributed by atoms with Gasteiger partial charge in [-0.15, -0.1) is 0 Å². The van der Waals surface area contributed by atoms with E-state index >= 15 is 0 Å². The van der Waals surface area contributed by atoms with Crippen molar-refractivity contribution in [2.45, 2.75) is 6.61 Å². The van der Waals surface area contributed by atoms with Crippen molar-refractivity contribution in [1.82, 2.24) is 0 Å². The van der Waals surface area contributed by atoms with Crippen molar-refractivity contribution >= 4 is 11.9 Å². The van der Waals surface area contributed by atoms with Crippen LogP contribution in [-0.4, -0.2) is 19.5 Å². The summed E-state index contributed by atoms with van der Waals surface area (Å²) in [5.41, 5.74) is 1.21. The van der Waals surface area contributed by atoms with Crippen LogP contribution in [0.1, 0.15) is 15.9 Å². The molecule has 2 aromatic rings. The topological polar surface area (TPSA) is 35.5 Å². The summed E-state index contributed by atoms with van der Waals surface area (Å²) < 4.78 is 33.8. The van der Waals surface area contributed by atoms with Gasteiger partial charge in [-0.2, -0.15) is 8.78 Å². The average Bonchev–Trinajstić information content (AvgIpc) is 2.54. The van der Waals surface area contributed by atoms with E-state index in [1.807, 2.05) is 6.07 Å². The first kappa shape index (κ1) is 15.7. The van der Waals surface area contributed by atoms with E-state index < -0.39 is 6.61 Å². The summed E-state index contributed by atoms with van der Waals surface area (Å²) >= 11 is 0. The van der Waals surface area contributed by atoms with Crippen molar-refractivity contribution in [3.63, 3.8) is 0 Å². The predicted molar refractivity (Wildman–Crippen MR) is 79.4 cm³/mol. The number of ketones is 1. The first-order chi connectivity index (χ1) is 10.6. The second-order valence-corrected chi connectivity index (χ2v) is 4.35. The molecule has 0 spiro atoms. The highest BCUT2D eigenvalue weighted by Crippen LogP contribution is 2.29. The third-order valence-electron chi connectivity index (χ3n) is 2.89. The van der Waals surface area contributed by atoms with E-state index in [1.165, 1.54) is 25.3 Å². The van der Waals surface area contributed by atoms with E-state index in [1.54, 1.807) is 36.4 Å². The molecule has 0 bridgehead atoms. The fourth-order valence-corrected chi connectivity index (χ4v) is 1.85. The van der Waals surface area contributed by atoms with E-state index in [2.05, 4.69) is 4.74 Å². The van der Waals surface area contributed by atoms with Crippen LogP contribution in [0.25, 0.3) is 6.08 Å². The van der Waals surface area contributed by atoms with E-state index in [0.717, 1.165) is 0 Å². The normalized spacial score (nSPS) is 10.9. The van der Waals surface area contributed by atoms with Crippen LogP contribution in [0.15, 0.2) is 54.6 Å². The van der Waals surface area contributed by atoms with Crippen LogP contribution in [0.4, 0.5) is 8.78 Å². The zero-order valence-electron chi connectivity index (χ0n) is 11.8. The van der Waals surface area contributed by atoms with E-state index in [0.29, 0.717) is 11.1 Å². The minimum Gasteiger partial charge on any atom is -0.493 e. The maximum Gasteiger partial charge on any atom is 0.387 e. The van der Waals surface area contributed by atoms with Gasteiger partial charge in [-0.1, -0.05) is 42.5 Å². The van der Waals surface area contributed by atoms with E-state index in [-0.39, 0.29) is 17.3 Å². The molecule has 0 saturated carbocycles. The number of hydrogen-bond donors (Lipinski definition) is 0. The highest BCUT2D eigenvalue weighted by atomic mass is 19.3. The Morgan fingerprint density at radius 1 is 1.09 bits per heavy atom. The smallest absolute Gasteiger partial charge is 0.387 e. The maximum atomic E-state index is 12.2. The molecule has 0 aliphatic heterocycles. The van der Waals surface area contributed by atoms with Gasteiger partial charge < -0.3 is 9.47 Å². The quantitative estimate of drug-likeness (QED) is 0.593. The zero-order chi connectivity index (χ0) is 15.9. The number of carbonyl (C=O) groups excluding carboxylic acids is 1. The molecule has 2 aromatic carbocycles. The SMILES string of the molecule is COc1cc(/C=C/C(=O)c2ccccc2)ccc1OC(F)F. The molecule has 0 aromatic heterocycles. The molecular weight excluding hydrogens is 290 g/mol. The highest BCUT2D eigenvalue weighted by molar-refractivity contribution is 6.06. The summed E-state index contributed by atoms with van der Waals surface area (Å²) in [6.45, 7) is -2.92. The Bertz CT molecular complexity index is 667. The molecular formula is C17H14F2O3. The Balaban J connectivity index is 2.16. The molecule has 0 N–H and O–H groups in total. The lowest BCUT2D eigenvalue weighted by Crippen LogP contribution is -2.03. The Hall–Kier alpha value is -2.69. The number of benzene rings is 2. The minimum absolute atomic E-state index is 0.0518. The Morgan fingerprint density at radius 2 is 1.82 bits per heavy atom. The molecule has 0 amide bonds. The number of methoxy groups -OCH3 is 1. The molecule has 0 fully saturated rings. The first-order valence-electron chi connectivity index (χ1n) is 6.50. The fraction of sp³-hybridized carbons (Fsp3) is 0.118. The molecule has 0 unspecified atom stereocenters. The molecule has 114 valence electrons. The van der Waals surface area contributed by atoms with Gasteiger partial charge in [0, 0.05) is 5.56 Å². The van der Waals surface area contributed by atoms with Gasteiger partial charge in [0.05, 0.1) is 7.11 Å². The minimum atomic E-state index is -2.92. The largest absolute Gasteiger partial charge is 0.493 e. The van der Waals surface area contributed by atoms with Crippen LogP contribution in [0.2, 0.25) is 0 Å². The lowest BCUT2D eigenvalue weighted by atomic mass is 10.1. The molecule has 0 radical (unpaired) electrons. The van der Waals surface area contributed by atoms with Gasteiger partial charge in [-0.05, 0) is 23.8 Å². The van der Waals surface area contributed by atoms with E-state index in [4.69, 9.17) is 4.74 Å². The van der Waals surface area contributed by atoms with Crippen molar-refractivity contribution in [2.75, 3.05) is 7.11 Å². The van der Waals surface area contributed by atoms with Crippen LogP contribution in [0.3, 0.4) is 0 Å². The summed E-state index contributed by atoms with van der Waals surface area (Å²) in [6, 6.07) is 13.3. The van der Waals surface area contributed by atoms with E-state index in [9.17, 15) is 13.6 Å². The van der Waals surface area contributed by atoms with Crippen LogP contribution >= 0.6 is 0 Å². The first-order valence-corrected chi connectivity index (χ1v) is 6.50. The molecule has 22 heavy (non-hydrogen) atoms. The number of carbonyl (C=O) groups is 1. The number of rotatable bonds is 6.